The van der Waals surface area contributed by atoms with Gasteiger partial charge in [-0.25, -0.2) is 4.79 Å². The Morgan fingerprint density at radius 2 is 1.95 bits per heavy atom. The summed E-state index contributed by atoms with van der Waals surface area (Å²) in [6.07, 6.45) is 0.451. The van der Waals surface area contributed by atoms with Crippen LogP contribution < -0.4 is 5.32 Å². The van der Waals surface area contributed by atoms with Crippen molar-refractivity contribution in [2.24, 2.45) is 0 Å². The average molecular weight is 305 g/mol. The van der Waals surface area contributed by atoms with Crippen LogP contribution in [0.4, 0.5) is 5.69 Å². The van der Waals surface area contributed by atoms with Crippen molar-refractivity contribution in [1.82, 2.24) is 9.80 Å². The third kappa shape index (κ3) is 4.46. The number of ether oxygens (including phenoxy) is 1. The quantitative estimate of drug-likeness (QED) is 0.824. The van der Waals surface area contributed by atoms with Gasteiger partial charge in [0.05, 0.1) is 12.7 Å². The number of nitrogens with one attached hydrogen (secondary N) is 1. The highest BCUT2D eigenvalue weighted by atomic mass is 16.5. The Hall–Kier alpha value is -2.08. The van der Waals surface area contributed by atoms with Crippen molar-refractivity contribution in [1.29, 1.82) is 0 Å². The lowest BCUT2D eigenvalue weighted by Crippen LogP contribution is -2.47. The summed E-state index contributed by atoms with van der Waals surface area (Å²) in [5.41, 5.74) is 1.31. The van der Waals surface area contributed by atoms with Crippen LogP contribution in [0.1, 0.15) is 16.8 Å². The van der Waals surface area contributed by atoms with Gasteiger partial charge in [0, 0.05) is 44.8 Å². The molecule has 6 nitrogen and oxygen atoms in total. The number of carbonyl (C=O) groups is 2. The maximum atomic E-state index is 12.1. The highest BCUT2D eigenvalue weighted by Gasteiger charge is 2.18. The largest absolute Gasteiger partial charge is 0.465 e. The molecule has 1 aromatic rings. The molecule has 1 fully saturated rings. The summed E-state index contributed by atoms with van der Waals surface area (Å²) in [6.45, 7) is 4.01. The van der Waals surface area contributed by atoms with E-state index in [2.05, 4.69) is 17.3 Å². The molecule has 6 heteroatoms. The van der Waals surface area contributed by atoms with Gasteiger partial charge in [-0.1, -0.05) is 6.07 Å². The van der Waals surface area contributed by atoms with Crippen molar-refractivity contribution in [2.45, 2.75) is 6.42 Å². The number of amides is 1. The van der Waals surface area contributed by atoms with E-state index < -0.39 is 0 Å². The lowest BCUT2D eigenvalue weighted by atomic mass is 10.2. The first kappa shape index (κ1) is 16.3. The van der Waals surface area contributed by atoms with Crippen LogP contribution in [-0.4, -0.2) is 68.6 Å². The van der Waals surface area contributed by atoms with Crippen LogP contribution in [0.2, 0.25) is 0 Å². The Morgan fingerprint density at radius 1 is 1.23 bits per heavy atom. The number of hydrogen-bond acceptors (Lipinski definition) is 5. The van der Waals surface area contributed by atoms with E-state index in [4.69, 9.17) is 4.74 Å². The Bertz CT molecular complexity index is 525. The second kappa shape index (κ2) is 7.79. The fourth-order valence-corrected chi connectivity index (χ4v) is 2.40. The molecule has 1 heterocycles. The molecule has 0 saturated carbocycles. The van der Waals surface area contributed by atoms with E-state index in [1.807, 2.05) is 11.0 Å². The van der Waals surface area contributed by atoms with E-state index >= 15 is 0 Å². The number of esters is 1. The minimum absolute atomic E-state index is 0.171. The Labute approximate surface area is 131 Å². The number of piperazine rings is 1. The molecule has 0 bridgehead atoms. The van der Waals surface area contributed by atoms with Gasteiger partial charge in [0.15, 0.2) is 0 Å². The number of nitrogens with zero attached hydrogens (tertiary/aromatic N) is 2. The van der Waals surface area contributed by atoms with E-state index in [9.17, 15) is 9.59 Å². The predicted molar refractivity (Wildman–Crippen MR) is 85.0 cm³/mol. The molecular weight excluding hydrogens is 282 g/mol. The average Bonchev–Trinajstić information content (AvgIpc) is 2.55. The van der Waals surface area contributed by atoms with Gasteiger partial charge >= 0.3 is 5.97 Å². The lowest BCUT2D eigenvalue weighted by Gasteiger charge is -2.32. The number of hydrogen-bond donors (Lipinski definition) is 1. The summed E-state index contributed by atoms with van der Waals surface area (Å²) in [4.78, 5) is 27.7. The monoisotopic (exact) mass is 305 g/mol. The molecule has 0 atom stereocenters. The van der Waals surface area contributed by atoms with E-state index in [0.29, 0.717) is 18.5 Å². The molecule has 0 unspecified atom stereocenters. The number of carbonyl (C=O) groups excluding carboxylic acids is 2. The minimum Gasteiger partial charge on any atom is -0.465 e. The number of benzene rings is 1. The maximum absolute atomic E-state index is 12.1. The molecule has 1 amide bonds. The number of rotatable bonds is 5. The first-order valence-corrected chi connectivity index (χ1v) is 7.48. The van der Waals surface area contributed by atoms with Gasteiger partial charge in [-0.3, -0.25) is 4.79 Å². The van der Waals surface area contributed by atoms with Gasteiger partial charge in [0.25, 0.3) is 0 Å². The van der Waals surface area contributed by atoms with Crippen molar-refractivity contribution in [3.8, 4) is 0 Å². The highest BCUT2D eigenvalue weighted by Crippen LogP contribution is 2.12. The first-order chi connectivity index (χ1) is 10.6. The lowest BCUT2D eigenvalue weighted by molar-refractivity contribution is -0.132. The van der Waals surface area contributed by atoms with Crippen molar-refractivity contribution in [3.05, 3.63) is 29.8 Å². The van der Waals surface area contributed by atoms with Crippen molar-refractivity contribution in [2.75, 3.05) is 52.2 Å². The number of likely N-dealkylation sites (N-methyl/N-ethyl adjacent to an activating group) is 1. The fraction of sp³-hybridized carbons (Fsp3) is 0.500. The second-order valence-corrected chi connectivity index (χ2v) is 5.43. The third-order valence-electron chi connectivity index (χ3n) is 3.81. The SMILES string of the molecule is COC(=O)c1cccc(NCCC(=O)N2CCN(C)CC2)c1. The highest BCUT2D eigenvalue weighted by molar-refractivity contribution is 5.90. The van der Waals surface area contributed by atoms with Crippen LogP contribution >= 0.6 is 0 Å². The molecule has 0 spiro atoms. The Kier molecular flexibility index (Phi) is 5.77. The molecule has 0 radical (unpaired) electrons. The van der Waals surface area contributed by atoms with E-state index in [1.54, 1.807) is 18.2 Å². The van der Waals surface area contributed by atoms with E-state index in [-0.39, 0.29) is 11.9 Å². The van der Waals surface area contributed by atoms with Gasteiger partial charge in [0.2, 0.25) is 5.91 Å². The molecule has 2 rings (SSSR count). The Balaban J connectivity index is 1.78. The molecule has 0 aromatic heterocycles. The second-order valence-electron chi connectivity index (χ2n) is 5.43. The van der Waals surface area contributed by atoms with E-state index in [1.165, 1.54) is 7.11 Å². The van der Waals surface area contributed by atoms with Gasteiger partial charge in [-0.2, -0.15) is 0 Å². The predicted octanol–water partition coefficient (Wildman–Crippen LogP) is 1.05. The van der Waals surface area contributed by atoms with Crippen LogP contribution in [0.25, 0.3) is 0 Å². The van der Waals surface area contributed by atoms with Crippen molar-refractivity contribution in [3.63, 3.8) is 0 Å². The van der Waals surface area contributed by atoms with Crippen LogP contribution in [-0.2, 0) is 9.53 Å². The molecule has 1 aliphatic heterocycles. The fourth-order valence-electron chi connectivity index (χ4n) is 2.40. The minimum atomic E-state index is -0.364. The van der Waals surface area contributed by atoms with Crippen LogP contribution in [0.5, 0.6) is 0 Å². The van der Waals surface area contributed by atoms with Gasteiger partial charge < -0.3 is 19.9 Å². The summed E-state index contributed by atoms with van der Waals surface area (Å²) < 4.78 is 4.69. The van der Waals surface area contributed by atoms with Crippen LogP contribution in [0.15, 0.2) is 24.3 Å². The standard InChI is InChI=1S/C16H23N3O3/c1-18-8-10-19(11-9-18)15(20)6-7-17-14-5-3-4-13(12-14)16(21)22-2/h3-5,12,17H,6-11H2,1-2H3. The van der Waals surface area contributed by atoms with Crippen molar-refractivity contribution >= 4 is 17.6 Å². The molecule has 1 saturated heterocycles. The van der Waals surface area contributed by atoms with Gasteiger partial charge in [-0.05, 0) is 25.2 Å². The van der Waals surface area contributed by atoms with Gasteiger partial charge in [-0.15, -0.1) is 0 Å². The summed E-state index contributed by atoms with van der Waals surface area (Å²) in [5, 5.41) is 3.18. The summed E-state index contributed by atoms with van der Waals surface area (Å²) in [7, 11) is 3.43. The third-order valence-corrected chi connectivity index (χ3v) is 3.81. The molecule has 1 aromatic carbocycles. The summed E-state index contributed by atoms with van der Waals surface area (Å²) in [5.74, 6) is -0.193. The van der Waals surface area contributed by atoms with Crippen LogP contribution in [0, 0.1) is 0 Å². The normalized spacial score (nSPS) is 15.5. The zero-order valence-electron chi connectivity index (χ0n) is 13.2. The summed E-state index contributed by atoms with van der Waals surface area (Å²) >= 11 is 0. The zero-order valence-corrected chi connectivity index (χ0v) is 13.2. The molecule has 22 heavy (non-hydrogen) atoms. The first-order valence-electron chi connectivity index (χ1n) is 7.48. The van der Waals surface area contributed by atoms with Crippen LogP contribution in [0.3, 0.4) is 0 Å². The zero-order chi connectivity index (χ0) is 15.9. The number of anilines is 1. The molecule has 1 aliphatic rings. The maximum Gasteiger partial charge on any atom is 0.337 e. The van der Waals surface area contributed by atoms with Crippen molar-refractivity contribution < 1.29 is 14.3 Å². The molecule has 120 valence electrons. The molecule has 0 aliphatic carbocycles. The molecular formula is C16H23N3O3. The molecule has 1 N–H and O–H groups in total. The van der Waals surface area contributed by atoms with E-state index in [0.717, 1.165) is 31.9 Å². The topological polar surface area (TPSA) is 61.9 Å². The summed E-state index contributed by atoms with van der Waals surface area (Å²) in [6, 6.07) is 7.09. The number of methoxy groups -OCH3 is 1. The van der Waals surface area contributed by atoms with Gasteiger partial charge in [0.1, 0.15) is 0 Å². The Morgan fingerprint density at radius 3 is 2.64 bits per heavy atom. The smallest absolute Gasteiger partial charge is 0.337 e.